The number of aromatic nitrogens is 1. The molecule has 0 spiro atoms. The van der Waals surface area contributed by atoms with Crippen molar-refractivity contribution in [3.63, 3.8) is 0 Å². The summed E-state index contributed by atoms with van der Waals surface area (Å²) in [6.45, 7) is 0.642. The van der Waals surface area contributed by atoms with E-state index in [1.165, 1.54) is 22.8 Å². The van der Waals surface area contributed by atoms with Gasteiger partial charge in [0.25, 0.3) is 0 Å². The third-order valence-electron chi connectivity index (χ3n) is 4.56. The number of rotatable bonds is 5. The van der Waals surface area contributed by atoms with Crippen LogP contribution in [0, 0.1) is 5.92 Å². The summed E-state index contributed by atoms with van der Waals surface area (Å²) in [5.41, 5.74) is 1.94. The first-order valence-corrected chi connectivity index (χ1v) is 11.4. The summed E-state index contributed by atoms with van der Waals surface area (Å²) < 4.78 is 29.4. The number of hydrogen-bond acceptors (Lipinski definition) is 7. The van der Waals surface area contributed by atoms with Crippen molar-refractivity contribution in [2.45, 2.75) is 12.8 Å². The molecule has 150 valence electrons. The van der Waals surface area contributed by atoms with Gasteiger partial charge in [0.15, 0.2) is 5.13 Å². The number of anilines is 1. The van der Waals surface area contributed by atoms with Gasteiger partial charge in [0, 0.05) is 24.0 Å². The predicted molar refractivity (Wildman–Crippen MR) is 107 cm³/mol. The van der Waals surface area contributed by atoms with Crippen LogP contribution in [-0.2, 0) is 19.6 Å². The minimum Gasteiger partial charge on any atom is -0.465 e. The molecule has 28 heavy (non-hydrogen) atoms. The molecule has 8 nitrogen and oxygen atoms in total. The molecular weight excluding hydrogens is 402 g/mol. The molecule has 1 fully saturated rings. The van der Waals surface area contributed by atoms with Gasteiger partial charge in [-0.3, -0.25) is 4.79 Å². The monoisotopic (exact) mass is 423 g/mol. The molecule has 1 aromatic heterocycles. The number of amides is 1. The molecule has 3 rings (SSSR count). The van der Waals surface area contributed by atoms with E-state index in [2.05, 4.69) is 15.0 Å². The maximum absolute atomic E-state index is 12.5. The molecule has 1 N–H and O–H groups in total. The summed E-state index contributed by atoms with van der Waals surface area (Å²) in [7, 11) is -1.97. The third kappa shape index (κ3) is 4.75. The Morgan fingerprint density at radius 3 is 2.64 bits per heavy atom. The van der Waals surface area contributed by atoms with E-state index in [4.69, 9.17) is 0 Å². The first-order chi connectivity index (χ1) is 13.3. The predicted octanol–water partition coefficient (Wildman–Crippen LogP) is 2.21. The molecule has 0 bridgehead atoms. The number of sulfonamides is 1. The summed E-state index contributed by atoms with van der Waals surface area (Å²) in [6, 6.07) is 6.83. The Bertz CT molecular complexity index is 969. The Labute approximate surface area is 167 Å². The minimum atomic E-state index is -3.30. The number of hydrogen-bond donors (Lipinski definition) is 1. The third-order valence-corrected chi connectivity index (χ3v) is 6.59. The van der Waals surface area contributed by atoms with Gasteiger partial charge in [-0.15, -0.1) is 11.3 Å². The van der Waals surface area contributed by atoms with Crippen LogP contribution in [0.15, 0.2) is 29.6 Å². The fourth-order valence-corrected chi connectivity index (χ4v) is 4.66. The second-order valence-electron chi connectivity index (χ2n) is 6.56. The van der Waals surface area contributed by atoms with Crippen molar-refractivity contribution < 1.29 is 22.7 Å². The van der Waals surface area contributed by atoms with Gasteiger partial charge in [-0.1, -0.05) is 12.1 Å². The van der Waals surface area contributed by atoms with Crippen molar-refractivity contribution in [2.75, 3.05) is 31.8 Å². The Morgan fingerprint density at radius 2 is 2.00 bits per heavy atom. The van der Waals surface area contributed by atoms with Crippen molar-refractivity contribution in [3.05, 3.63) is 35.2 Å². The number of methoxy groups -OCH3 is 1. The molecule has 0 radical (unpaired) electrons. The van der Waals surface area contributed by atoms with Crippen LogP contribution in [0.2, 0.25) is 0 Å². The van der Waals surface area contributed by atoms with Gasteiger partial charge >= 0.3 is 5.97 Å². The van der Waals surface area contributed by atoms with Crippen molar-refractivity contribution in [3.8, 4) is 11.3 Å². The maximum atomic E-state index is 12.5. The second-order valence-corrected chi connectivity index (χ2v) is 9.40. The number of carbonyl (C=O) groups is 2. The van der Waals surface area contributed by atoms with Crippen LogP contribution in [0.4, 0.5) is 5.13 Å². The molecule has 2 aromatic rings. The average molecular weight is 424 g/mol. The summed E-state index contributed by atoms with van der Waals surface area (Å²) in [5.74, 6) is -1.03. The van der Waals surface area contributed by atoms with E-state index in [-0.39, 0.29) is 12.5 Å². The molecule has 0 saturated carbocycles. The number of piperidine rings is 1. The quantitative estimate of drug-likeness (QED) is 0.739. The Balaban J connectivity index is 1.66. The highest BCUT2D eigenvalue weighted by molar-refractivity contribution is 7.88. The highest BCUT2D eigenvalue weighted by Gasteiger charge is 2.30. The number of thiazole rings is 1. The molecule has 1 aliphatic rings. The van der Waals surface area contributed by atoms with Gasteiger partial charge in [0.05, 0.1) is 30.5 Å². The van der Waals surface area contributed by atoms with Crippen LogP contribution in [0.5, 0.6) is 0 Å². The Hall–Kier alpha value is -2.30. The molecule has 10 heteroatoms. The molecule has 1 unspecified atom stereocenters. The molecule has 2 heterocycles. The molecule has 0 aliphatic carbocycles. The summed E-state index contributed by atoms with van der Waals surface area (Å²) in [5, 5.41) is 5.05. The van der Waals surface area contributed by atoms with Crippen molar-refractivity contribution >= 4 is 38.4 Å². The number of nitrogens with zero attached hydrogens (tertiary/aromatic N) is 2. The number of carbonyl (C=O) groups excluding carboxylic acids is 2. The van der Waals surface area contributed by atoms with Gasteiger partial charge in [-0.25, -0.2) is 22.5 Å². The second kappa shape index (κ2) is 8.38. The largest absolute Gasteiger partial charge is 0.465 e. The number of benzene rings is 1. The van der Waals surface area contributed by atoms with E-state index in [9.17, 15) is 18.0 Å². The fourth-order valence-electron chi connectivity index (χ4n) is 3.02. The fraction of sp³-hybridized carbons (Fsp3) is 0.389. The summed E-state index contributed by atoms with van der Waals surface area (Å²) >= 11 is 1.29. The van der Waals surface area contributed by atoms with Gasteiger partial charge < -0.3 is 10.1 Å². The first kappa shape index (κ1) is 20.4. The SMILES string of the molecule is COC(=O)c1ccc(-c2csc(NC(=O)C3CCCN(S(C)(=O)=O)C3)n2)cc1. The average Bonchev–Trinajstić information content (AvgIpc) is 3.15. The lowest BCUT2D eigenvalue weighted by molar-refractivity contribution is -0.120. The zero-order valence-corrected chi connectivity index (χ0v) is 17.2. The van der Waals surface area contributed by atoms with Gasteiger partial charge in [-0.2, -0.15) is 0 Å². The lowest BCUT2D eigenvalue weighted by atomic mass is 9.99. The molecule has 1 aliphatic heterocycles. The Kier molecular flexibility index (Phi) is 6.11. The Morgan fingerprint density at radius 1 is 1.29 bits per heavy atom. The molecular formula is C18H21N3O5S2. The van der Waals surface area contributed by atoms with Crippen LogP contribution in [-0.4, -0.2) is 56.0 Å². The van der Waals surface area contributed by atoms with E-state index in [0.717, 1.165) is 11.8 Å². The molecule has 1 amide bonds. The maximum Gasteiger partial charge on any atom is 0.337 e. The number of nitrogens with one attached hydrogen (secondary N) is 1. The van der Waals surface area contributed by atoms with E-state index in [1.54, 1.807) is 24.3 Å². The standard InChI is InChI=1S/C18H21N3O5S2/c1-26-17(23)13-7-5-12(6-8-13)15-11-27-18(19-15)20-16(22)14-4-3-9-21(10-14)28(2,24)25/h5-8,11,14H,3-4,9-10H2,1-2H3,(H,19,20,22). The van der Waals surface area contributed by atoms with Crippen molar-refractivity contribution in [1.82, 2.24) is 9.29 Å². The topological polar surface area (TPSA) is 106 Å². The normalized spacial score (nSPS) is 17.9. The number of esters is 1. The zero-order valence-electron chi connectivity index (χ0n) is 15.5. The molecule has 1 atom stereocenters. The minimum absolute atomic E-state index is 0.192. The van der Waals surface area contributed by atoms with Gasteiger partial charge in [-0.05, 0) is 25.0 Å². The zero-order chi connectivity index (χ0) is 20.3. The molecule has 1 saturated heterocycles. The van der Waals surface area contributed by atoms with Crippen molar-refractivity contribution in [2.24, 2.45) is 5.92 Å². The van der Waals surface area contributed by atoms with Gasteiger partial charge in [0.2, 0.25) is 15.9 Å². The number of ether oxygens (including phenoxy) is 1. The van der Waals surface area contributed by atoms with E-state index < -0.39 is 21.9 Å². The summed E-state index contributed by atoms with van der Waals surface area (Å²) in [6.07, 6.45) is 2.46. The van der Waals surface area contributed by atoms with Gasteiger partial charge in [0.1, 0.15) is 0 Å². The van der Waals surface area contributed by atoms with E-state index in [1.807, 2.05) is 5.38 Å². The van der Waals surface area contributed by atoms with E-state index in [0.29, 0.717) is 35.8 Å². The van der Waals surface area contributed by atoms with Crippen LogP contribution in [0.25, 0.3) is 11.3 Å². The van der Waals surface area contributed by atoms with Crippen molar-refractivity contribution in [1.29, 1.82) is 0 Å². The van der Waals surface area contributed by atoms with E-state index >= 15 is 0 Å². The highest BCUT2D eigenvalue weighted by Crippen LogP contribution is 2.27. The lowest BCUT2D eigenvalue weighted by Crippen LogP contribution is -2.43. The van der Waals surface area contributed by atoms with Crippen LogP contribution < -0.4 is 5.32 Å². The van der Waals surface area contributed by atoms with Crippen LogP contribution in [0.1, 0.15) is 23.2 Å². The lowest BCUT2D eigenvalue weighted by Gasteiger charge is -2.29. The first-order valence-electron chi connectivity index (χ1n) is 8.68. The van der Waals surface area contributed by atoms with Crippen LogP contribution in [0.3, 0.4) is 0 Å². The highest BCUT2D eigenvalue weighted by atomic mass is 32.2. The summed E-state index contributed by atoms with van der Waals surface area (Å²) in [4.78, 5) is 28.4. The molecule has 1 aromatic carbocycles. The van der Waals surface area contributed by atoms with Crippen LogP contribution >= 0.6 is 11.3 Å². The smallest absolute Gasteiger partial charge is 0.337 e.